The van der Waals surface area contributed by atoms with E-state index in [1.807, 2.05) is 5.41 Å². The Labute approximate surface area is 274 Å². The van der Waals surface area contributed by atoms with Gasteiger partial charge in [0, 0.05) is 35.9 Å². The quantitative estimate of drug-likeness (QED) is 0.210. The lowest BCUT2D eigenvalue weighted by atomic mass is 9.96. The van der Waals surface area contributed by atoms with Crippen LogP contribution in [0.1, 0.15) is 95.9 Å². The average Bonchev–Trinajstić information content (AvgIpc) is 3.87. The Morgan fingerprint density at radius 3 is 1.53 bits per heavy atom. The molecule has 0 aromatic carbocycles. The molecule has 0 saturated heterocycles. The summed E-state index contributed by atoms with van der Waals surface area (Å²) in [4.78, 5) is 17.7. The summed E-state index contributed by atoms with van der Waals surface area (Å²) >= 11 is 3.09. The van der Waals surface area contributed by atoms with Crippen LogP contribution in [0.25, 0.3) is 11.1 Å². The van der Waals surface area contributed by atoms with Crippen LogP contribution in [-0.4, -0.2) is 32.0 Å². The van der Waals surface area contributed by atoms with Crippen molar-refractivity contribution in [1.29, 1.82) is 10.5 Å². The van der Waals surface area contributed by atoms with Crippen molar-refractivity contribution in [2.45, 2.75) is 96.6 Å². The molecule has 4 N–H and O–H groups in total. The van der Waals surface area contributed by atoms with Gasteiger partial charge in [0.05, 0.1) is 21.4 Å². The lowest BCUT2D eigenvalue weighted by molar-refractivity contribution is 0.461. The summed E-state index contributed by atoms with van der Waals surface area (Å²) in [6.07, 6.45) is 16.3. The molecule has 2 aromatic heterocycles. The fourth-order valence-corrected chi connectivity index (χ4v) is 7.41. The maximum atomic E-state index is 9.55. The number of nitriles is 2. The number of nitrogens with zero attached hydrogens (tertiary/aromatic N) is 6. The molecular weight excluding hydrogens is 601 g/mol. The van der Waals surface area contributed by atoms with Crippen molar-refractivity contribution in [3.8, 4) is 12.1 Å². The topological polar surface area (TPSA) is 147 Å². The molecule has 45 heavy (non-hydrogen) atoms. The first kappa shape index (κ1) is 32.4. The van der Waals surface area contributed by atoms with E-state index in [9.17, 15) is 10.5 Å². The zero-order valence-electron chi connectivity index (χ0n) is 25.9. The largest absolute Gasteiger partial charge is 0.352 e. The van der Waals surface area contributed by atoms with Crippen LogP contribution in [0.4, 0.5) is 11.9 Å². The molecule has 4 heterocycles. The van der Waals surface area contributed by atoms with Gasteiger partial charge in [0.25, 0.3) is 0 Å². The summed E-state index contributed by atoms with van der Waals surface area (Å²) < 4.78 is 0. The van der Waals surface area contributed by atoms with Crippen LogP contribution in [0.2, 0.25) is 0 Å². The first-order chi connectivity index (χ1) is 22.1. The van der Waals surface area contributed by atoms with Gasteiger partial charge in [-0.15, -0.1) is 0 Å². The molecule has 10 nitrogen and oxygen atoms in total. The molecule has 234 valence electrons. The van der Waals surface area contributed by atoms with Crippen molar-refractivity contribution in [2.24, 2.45) is 0 Å². The Balaban J connectivity index is 0.000000178. The van der Waals surface area contributed by atoms with Crippen LogP contribution in [0.15, 0.2) is 56.8 Å². The normalized spacial score (nSPS) is 20.4. The molecule has 0 amide bonds. The Hall–Kier alpha value is -4.00. The Morgan fingerprint density at radius 2 is 1.16 bits per heavy atom. The van der Waals surface area contributed by atoms with E-state index in [2.05, 4.69) is 72.6 Å². The van der Waals surface area contributed by atoms with E-state index in [4.69, 9.17) is 0 Å². The molecule has 0 bridgehead atoms. The standard InChI is InChI=1S/C17H21N5S.C16H19N5S/c1-2-12-11-23-16(20-12)14(10-18)15-8-9-19-17(22-15)21-13-6-4-3-5-7-13;1-2-11-10-22-15(19-11)13(9-17)14-7-8-18-16(21-14)20-12-5-3-4-6-12/h8-9,11,13,20H,2-7H2,1H3,(H,19,21,22);7-8,10,12,19H,2-6H2,1H3,(H,18,20,21). The number of nitrogens with one attached hydrogen (secondary N) is 4. The summed E-state index contributed by atoms with van der Waals surface area (Å²) in [5, 5.41) is 38.2. The summed E-state index contributed by atoms with van der Waals surface area (Å²) in [5.41, 5.74) is 4.74. The molecule has 0 radical (unpaired) electrons. The predicted octanol–water partition coefficient (Wildman–Crippen LogP) is 7.61. The van der Waals surface area contributed by atoms with E-state index in [1.165, 1.54) is 57.8 Å². The number of aromatic nitrogens is 4. The maximum absolute atomic E-state index is 9.55. The molecule has 12 heteroatoms. The molecule has 2 aliphatic carbocycles. The van der Waals surface area contributed by atoms with E-state index < -0.39 is 0 Å². The van der Waals surface area contributed by atoms with Crippen LogP contribution in [0, 0.1) is 22.7 Å². The summed E-state index contributed by atoms with van der Waals surface area (Å²) in [6, 6.07) is 9.04. The van der Waals surface area contributed by atoms with Gasteiger partial charge in [-0.05, 0) is 61.5 Å². The molecule has 2 aliphatic heterocycles. The van der Waals surface area contributed by atoms with Crippen LogP contribution in [0.3, 0.4) is 0 Å². The van der Waals surface area contributed by atoms with Crippen molar-refractivity contribution in [1.82, 2.24) is 30.6 Å². The lowest BCUT2D eigenvalue weighted by Crippen LogP contribution is -2.23. The number of anilines is 2. The number of allylic oxidation sites excluding steroid dienone is 4. The average molecular weight is 641 g/mol. The highest BCUT2D eigenvalue weighted by Crippen LogP contribution is 2.33. The molecule has 4 aliphatic rings. The van der Waals surface area contributed by atoms with Gasteiger partial charge in [-0.2, -0.15) is 10.5 Å². The van der Waals surface area contributed by atoms with E-state index >= 15 is 0 Å². The Morgan fingerprint density at radius 1 is 0.733 bits per heavy atom. The second-order valence-electron chi connectivity index (χ2n) is 11.2. The molecule has 0 spiro atoms. The van der Waals surface area contributed by atoms with Gasteiger partial charge in [0.1, 0.15) is 23.3 Å². The van der Waals surface area contributed by atoms with Gasteiger partial charge >= 0.3 is 0 Å². The van der Waals surface area contributed by atoms with Gasteiger partial charge < -0.3 is 21.3 Å². The third kappa shape index (κ3) is 8.80. The first-order valence-corrected chi connectivity index (χ1v) is 17.6. The summed E-state index contributed by atoms with van der Waals surface area (Å²) in [6.45, 7) is 4.17. The molecule has 2 aromatic rings. The van der Waals surface area contributed by atoms with E-state index in [0.717, 1.165) is 34.3 Å². The molecule has 2 fully saturated rings. The van der Waals surface area contributed by atoms with Gasteiger partial charge in [-0.1, -0.05) is 69.5 Å². The van der Waals surface area contributed by atoms with Crippen molar-refractivity contribution in [2.75, 3.05) is 10.6 Å². The number of rotatable bonds is 8. The highest BCUT2D eigenvalue weighted by molar-refractivity contribution is 8.06. The monoisotopic (exact) mass is 640 g/mol. The number of thioether (sulfide) groups is 2. The fourth-order valence-electron chi connectivity index (χ4n) is 5.52. The minimum atomic E-state index is 0.449. The Bertz CT molecular complexity index is 1550. The van der Waals surface area contributed by atoms with Crippen LogP contribution in [0.5, 0.6) is 0 Å². The third-order valence-corrected chi connectivity index (χ3v) is 9.96. The van der Waals surface area contributed by atoms with Crippen LogP contribution in [-0.2, 0) is 0 Å². The first-order valence-electron chi connectivity index (χ1n) is 15.8. The van der Waals surface area contributed by atoms with Crippen molar-refractivity contribution in [3.63, 3.8) is 0 Å². The van der Waals surface area contributed by atoms with Crippen LogP contribution < -0.4 is 21.3 Å². The third-order valence-electron chi connectivity index (χ3n) is 8.08. The predicted molar refractivity (Wildman–Crippen MR) is 184 cm³/mol. The van der Waals surface area contributed by atoms with Gasteiger partial charge in [0.15, 0.2) is 0 Å². The van der Waals surface area contributed by atoms with E-state index in [1.54, 1.807) is 48.1 Å². The number of hydrogen-bond acceptors (Lipinski definition) is 12. The fraction of sp³-hybridized carbons (Fsp3) is 0.455. The smallest absolute Gasteiger partial charge is 0.223 e. The Kier molecular flexibility index (Phi) is 11.8. The molecule has 6 rings (SSSR count). The minimum absolute atomic E-state index is 0.449. The molecule has 0 atom stereocenters. The summed E-state index contributed by atoms with van der Waals surface area (Å²) in [7, 11) is 0. The van der Waals surface area contributed by atoms with Gasteiger partial charge in [-0.25, -0.2) is 19.9 Å². The second-order valence-corrected chi connectivity index (χ2v) is 13.0. The van der Waals surface area contributed by atoms with Gasteiger partial charge in [-0.3, -0.25) is 0 Å². The lowest BCUT2D eigenvalue weighted by Gasteiger charge is -2.22. The SMILES string of the molecule is CCC1=CSC(=C(C#N)c2ccnc(NC3CCCC3)n2)N1.CCC1=CSC(=C(C#N)c2ccnc(NC3CCCCC3)n2)N1. The highest BCUT2D eigenvalue weighted by atomic mass is 32.2. The molecule has 0 unspecified atom stereocenters. The molecular formula is C33H40N10S2. The zero-order chi connectivity index (χ0) is 31.4. The summed E-state index contributed by atoms with van der Waals surface area (Å²) in [5.74, 6) is 1.24. The van der Waals surface area contributed by atoms with Gasteiger partial charge in [0.2, 0.25) is 11.9 Å². The van der Waals surface area contributed by atoms with Crippen molar-refractivity contribution in [3.05, 3.63) is 68.2 Å². The number of hydrogen-bond donors (Lipinski definition) is 4. The minimum Gasteiger partial charge on any atom is -0.352 e. The maximum Gasteiger partial charge on any atom is 0.223 e. The van der Waals surface area contributed by atoms with Crippen molar-refractivity contribution >= 4 is 46.6 Å². The van der Waals surface area contributed by atoms with E-state index in [-0.39, 0.29) is 0 Å². The van der Waals surface area contributed by atoms with E-state index in [0.29, 0.717) is 46.5 Å². The van der Waals surface area contributed by atoms with Crippen LogP contribution >= 0.6 is 23.5 Å². The highest BCUT2D eigenvalue weighted by Gasteiger charge is 2.20. The van der Waals surface area contributed by atoms with Crippen molar-refractivity contribution < 1.29 is 0 Å². The second kappa shape index (κ2) is 16.4. The molecule has 2 saturated carbocycles. The zero-order valence-corrected chi connectivity index (χ0v) is 27.5.